The standard InChI is InChI=1S/C24H28N2O6/c1-3-31-24(29)32-21-10-6-18(7-11-21)23(28)25-19-12-14-26(15-13-19)22(27)16-17-4-8-20(30-2)9-5-17/h4-11,19H,3,12-16H2,1-2H3,(H,25,28). The molecule has 170 valence electrons. The van der Waals surface area contributed by atoms with Crippen LogP contribution in [0.4, 0.5) is 4.79 Å². The first-order valence-corrected chi connectivity index (χ1v) is 10.6. The zero-order valence-electron chi connectivity index (χ0n) is 18.3. The number of nitrogens with zero attached hydrogens (tertiary/aromatic N) is 1. The maximum absolute atomic E-state index is 12.6. The SMILES string of the molecule is CCOC(=O)Oc1ccc(C(=O)NC2CCN(C(=O)Cc3ccc(OC)cc3)CC2)cc1. The van der Waals surface area contributed by atoms with Crippen LogP contribution in [0.25, 0.3) is 0 Å². The lowest BCUT2D eigenvalue weighted by atomic mass is 10.0. The molecule has 0 bridgehead atoms. The Bertz CT molecular complexity index is 919. The number of rotatable bonds is 7. The third-order valence-electron chi connectivity index (χ3n) is 5.28. The van der Waals surface area contributed by atoms with Gasteiger partial charge in [0.1, 0.15) is 11.5 Å². The number of ether oxygens (including phenoxy) is 3. The number of methoxy groups -OCH3 is 1. The van der Waals surface area contributed by atoms with Gasteiger partial charge in [-0.05, 0) is 61.7 Å². The van der Waals surface area contributed by atoms with Crippen LogP contribution in [0.3, 0.4) is 0 Å². The van der Waals surface area contributed by atoms with E-state index in [-0.39, 0.29) is 24.5 Å². The van der Waals surface area contributed by atoms with Gasteiger partial charge in [-0.3, -0.25) is 9.59 Å². The molecule has 2 aromatic carbocycles. The molecule has 1 aliphatic rings. The zero-order chi connectivity index (χ0) is 22.9. The Hall–Kier alpha value is -3.55. The van der Waals surface area contributed by atoms with Gasteiger partial charge in [0.25, 0.3) is 5.91 Å². The number of carbonyl (C=O) groups excluding carboxylic acids is 3. The van der Waals surface area contributed by atoms with Crippen molar-refractivity contribution in [2.24, 2.45) is 0 Å². The third-order valence-corrected chi connectivity index (χ3v) is 5.28. The molecule has 3 rings (SSSR count). The fraction of sp³-hybridized carbons (Fsp3) is 0.375. The Morgan fingerprint density at radius 1 is 0.969 bits per heavy atom. The lowest BCUT2D eigenvalue weighted by Gasteiger charge is -2.32. The predicted molar refractivity (Wildman–Crippen MR) is 118 cm³/mol. The molecule has 1 N–H and O–H groups in total. The second kappa shape index (κ2) is 11.2. The van der Waals surface area contributed by atoms with Crippen LogP contribution in [0.1, 0.15) is 35.7 Å². The van der Waals surface area contributed by atoms with Crippen molar-refractivity contribution < 1.29 is 28.6 Å². The van der Waals surface area contributed by atoms with E-state index in [9.17, 15) is 14.4 Å². The topological polar surface area (TPSA) is 94.2 Å². The smallest absolute Gasteiger partial charge is 0.497 e. The van der Waals surface area contributed by atoms with Crippen molar-refractivity contribution >= 4 is 18.0 Å². The van der Waals surface area contributed by atoms with E-state index in [0.29, 0.717) is 43.7 Å². The Morgan fingerprint density at radius 2 is 1.59 bits per heavy atom. The highest BCUT2D eigenvalue weighted by Crippen LogP contribution is 2.17. The maximum atomic E-state index is 12.6. The average Bonchev–Trinajstić information content (AvgIpc) is 2.80. The molecule has 8 heteroatoms. The summed E-state index contributed by atoms with van der Waals surface area (Å²) in [7, 11) is 1.61. The summed E-state index contributed by atoms with van der Waals surface area (Å²) >= 11 is 0. The molecule has 0 radical (unpaired) electrons. The van der Waals surface area contributed by atoms with Crippen LogP contribution in [0.5, 0.6) is 11.5 Å². The van der Waals surface area contributed by atoms with Crippen molar-refractivity contribution in [1.29, 1.82) is 0 Å². The molecule has 1 saturated heterocycles. The zero-order valence-corrected chi connectivity index (χ0v) is 18.3. The van der Waals surface area contributed by atoms with Gasteiger partial charge in [-0.1, -0.05) is 12.1 Å². The van der Waals surface area contributed by atoms with E-state index in [0.717, 1.165) is 11.3 Å². The van der Waals surface area contributed by atoms with E-state index >= 15 is 0 Å². The van der Waals surface area contributed by atoms with E-state index in [1.165, 1.54) is 0 Å². The van der Waals surface area contributed by atoms with Gasteiger partial charge in [0.05, 0.1) is 20.1 Å². The first kappa shape index (κ1) is 23.1. The van der Waals surface area contributed by atoms with Crippen LogP contribution in [0, 0.1) is 0 Å². The van der Waals surface area contributed by atoms with Crippen molar-refractivity contribution in [3.63, 3.8) is 0 Å². The third kappa shape index (κ3) is 6.47. The van der Waals surface area contributed by atoms with E-state index in [1.807, 2.05) is 29.2 Å². The summed E-state index contributed by atoms with van der Waals surface area (Å²) in [5.41, 5.74) is 1.42. The van der Waals surface area contributed by atoms with Gasteiger partial charge in [-0.15, -0.1) is 0 Å². The first-order chi connectivity index (χ1) is 15.5. The summed E-state index contributed by atoms with van der Waals surface area (Å²) in [4.78, 5) is 38.3. The van der Waals surface area contributed by atoms with Crippen molar-refractivity contribution in [2.75, 3.05) is 26.8 Å². The van der Waals surface area contributed by atoms with E-state index in [1.54, 1.807) is 38.3 Å². The van der Waals surface area contributed by atoms with Crippen LogP contribution >= 0.6 is 0 Å². The van der Waals surface area contributed by atoms with Crippen LogP contribution < -0.4 is 14.8 Å². The molecule has 8 nitrogen and oxygen atoms in total. The minimum Gasteiger partial charge on any atom is -0.497 e. The molecule has 2 aromatic rings. The summed E-state index contributed by atoms with van der Waals surface area (Å²) in [6, 6.07) is 13.8. The molecular formula is C24H28N2O6. The molecule has 1 heterocycles. The number of nitrogens with one attached hydrogen (secondary N) is 1. The van der Waals surface area contributed by atoms with Crippen LogP contribution in [0.15, 0.2) is 48.5 Å². The van der Waals surface area contributed by atoms with Gasteiger partial charge in [0.15, 0.2) is 0 Å². The molecule has 32 heavy (non-hydrogen) atoms. The highest BCUT2D eigenvalue weighted by Gasteiger charge is 2.24. The van der Waals surface area contributed by atoms with Crippen LogP contribution in [-0.2, 0) is 16.0 Å². The highest BCUT2D eigenvalue weighted by molar-refractivity contribution is 5.94. The van der Waals surface area contributed by atoms with Gasteiger partial charge >= 0.3 is 6.16 Å². The minimum atomic E-state index is -0.780. The largest absolute Gasteiger partial charge is 0.513 e. The minimum absolute atomic E-state index is 0.00277. The first-order valence-electron chi connectivity index (χ1n) is 10.6. The number of hydrogen-bond acceptors (Lipinski definition) is 6. The molecule has 1 aliphatic heterocycles. The Morgan fingerprint density at radius 3 is 2.19 bits per heavy atom. The summed E-state index contributed by atoms with van der Waals surface area (Å²) in [6.45, 7) is 3.12. The second-order valence-electron chi connectivity index (χ2n) is 7.46. The average molecular weight is 440 g/mol. The molecule has 0 saturated carbocycles. The lowest BCUT2D eigenvalue weighted by Crippen LogP contribution is -2.46. The number of benzene rings is 2. The van der Waals surface area contributed by atoms with Gasteiger partial charge in [-0.25, -0.2) is 4.79 Å². The van der Waals surface area contributed by atoms with Gasteiger partial charge < -0.3 is 24.4 Å². The summed E-state index contributed by atoms with van der Waals surface area (Å²) in [5.74, 6) is 0.954. The summed E-state index contributed by atoms with van der Waals surface area (Å²) in [5, 5.41) is 3.01. The fourth-order valence-electron chi connectivity index (χ4n) is 3.49. The molecule has 0 aliphatic carbocycles. The van der Waals surface area contributed by atoms with E-state index in [2.05, 4.69) is 5.32 Å². The number of piperidine rings is 1. The van der Waals surface area contributed by atoms with Crippen molar-refractivity contribution in [1.82, 2.24) is 10.2 Å². The van der Waals surface area contributed by atoms with Gasteiger partial charge in [0.2, 0.25) is 5.91 Å². The molecule has 0 atom stereocenters. The number of likely N-dealkylation sites (tertiary alicyclic amines) is 1. The normalized spacial score (nSPS) is 13.9. The van der Waals surface area contributed by atoms with Gasteiger partial charge in [-0.2, -0.15) is 0 Å². The summed E-state index contributed by atoms with van der Waals surface area (Å²) in [6.07, 6.45) is 0.966. The second-order valence-corrected chi connectivity index (χ2v) is 7.46. The van der Waals surface area contributed by atoms with Crippen molar-refractivity contribution in [2.45, 2.75) is 32.2 Å². The van der Waals surface area contributed by atoms with Crippen molar-refractivity contribution in [3.8, 4) is 11.5 Å². The van der Waals surface area contributed by atoms with Crippen LogP contribution in [0.2, 0.25) is 0 Å². The Balaban J connectivity index is 1.44. The van der Waals surface area contributed by atoms with E-state index < -0.39 is 6.16 Å². The lowest BCUT2D eigenvalue weighted by molar-refractivity contribution is -0.131. The quantitative estimate of drug-likeness (QED) is 0.525. The maximum Gasteiger partial charge on any atom is 0.513 e. The summed E-state index contributed by atoms with van der Waals surface area (Å²) < 4.78 is 14.9. The molecule has 0 spiro atoms. The molecule has 1 fully saturated rings. The number of amides is 2. The molecule has 2 amide bonds. The monoisotopic (exact) mass is 440 g/mol. The number of carbonyl (C=O) groups is 3. The van der Waals surface area contributed by atoms with Crippen molar-refractivity contribution in [3.05, 3.63) is 59.7 Å². The predicted octanol–water partition coefficient (Wildman–Crippen LogP) is 3.19. The molecular weight excluding hydrogens is 412 g/mol. The fourth-order valence-corrected chi connectivity index (χ4v) is 3.49. The number of hydrogen-bond donors (Lipinski definition) is 1. The Kier molecular flexibility index (Phi) is 8.08. The molecule has 0 unspecified atom stereocenters. The Labute approximate surface area is 187 Å². The highest BCUT2D eigenvalue weighted by atomic mass is 16.7. The van der Waals surface area contributed by atoms with Crippen LogP contribution in [-0.4, -0.2) is 55.7 Å². The van der Waals surface area contributed by atoms with Gasteiger partial charge in [0, 0.05) is 24.7 Å². The van der Waals surface area contributed by atoms with E-state index in [4.69, 9.17) is 14.2 Å². The molecule has 0 aromatic heterocycles.